The average molecular weight is 420 g/mol. The summed E-state index contributed by atoms with van der Waals surface area (Å²) in [6.45, 7) is 8.99. The Morgan fingerprint density at radius 2 is 1.71 bits per heavy atom. The van der Waals surface area contributed by atoms with Crippen LogP contribution in [0.3, 0.4) is 0 Å². The number of carbonyl (C=O) groups is 1. The largest absolute Gasteiger partial charge is 0.494 e. The molecule has 2 heterocycles. The predicted molar refractivity (Wildman–Crippen MR) is 123 cm³/mol. The molecule has 1 amide bonds. The van der Waals surface area contributed by atoms with Crippen molar-refractivity contribution >= 4 is 22.6 Å². The highest BCUT2D eigenvalue weighted by molar-refractivity contribution is 5.89. The Balaban J connectivity index is 1.39. The van der Waals surface area contributed by atoms with Gasteiger partial charge in [-0.3, -0.25) is 4.79 Å². The molecule has 1 saturated heterocycles. The lowest BCUT2D eigenvalue weighted by Crippen LogP contribution is -2.50. The number of hydrogen-bond acceptors (Lipinski definition) is 5. The molecule has 1 aliphatic heterocycles. The van der Waals surface area contributed by atoms with Gasteiger partial charge in [0.2, 0.25) is 0 Å². The fraction of sp³-hybridized carbons (Fsp3) is 0.360. The molecule has 6 nitrogen and oxygen atoms in total. The molecule has 162 valence electrons. The van der Waals surface area contributed by atoms with Gasteiger partial charge in [-0.1, -0.05) is 18.2 Å². The molecule has 6 heteroatoms. The maximum Gasteiger partial charge on any atom is 0.260 e. The number of ether oxygens (including phenoxy) is 2. The second-order valence-electron chi connectivity index (χ2n) is 8.13. The number of fused-ring (bicyclic) bond motifs is 1. The fourth-order valence-electron chi connectivity index (χ4n) is 4.14. The van der Waals surface area contributed by atoms with Crippen molar-refractivity contribution in [3.05, 3.63) is 59.2 Å². The Morgan fingerprint density at radius 3 is 2.39 bits per heavy atom. The molecule has 0 N–H and O–H groups in total. The smallest absolute Gasteiger partial charge is 0.260 e. The lowest BCUT2D eigenvalue weighted by molar-refractivity contribution is -0.133. The van der Waals surface area contributed by atoms with Crippen molar-refractivity contribution in [2.24, 2.45) is 0 Å². The van der Waals surface area contributed by atoms with Crippen LogP contribution >= 0.6 is 0 Å². The number of hydrogen-bond donors (Lipinski definition) is 0. The van der Waals surface area contributed by atoms with Gasteiger partial charge in [-0.2, -0.15) is 0 Å². The summed E-state index contributed by atoms with van der Waals surface area (Å²) in [5.41, 5.74) is 4.30. The highest BCUT2D eigenvalue weighted by Crippen LogP contribution is 2.29. The number of aryl methyl sites for hydroxylation is 3. The van der Waals surface area contributed by atoms with Crippen LogP contribution in [0.2, 0.25) is 0 Å². The fourth-order valence-corrected chi connectivity index (χ4v) is 4.14. The van der Waals surface area contributed by atoms with Crippen LogP contribution in [0.15, 0.2) is 42.5 Å². The van der Waals surface area contributed by atoms with Crippen molar-refractivity contribution in [1.29, 1.82) is 0 Å². The van der Waals surface area contributed by atoms with E-state index >= 15 is 0 Å². The SMILES string of the molecule is COc1cccc2c(C)cc(N3CCN(C(=O)COc4cc(C)cc(C)c4)CC3)nc12. The second kappa shape index (κ2) is 8.84. The first-order chi connectivity index (χ1) is 14.9. The van der Waals surface area contributed by atoms with Crippen LogP contribution in [0, 0.1) is 20.8 Å². The lowest BCUT2D eigenvalue weighted by atomic mass is 10.1. The Kier molecular flexibility index (Phi) is 5.98. The first-order valence-electron chi connectivity index (χ1n) is 10.6. The van der Waals surface area contributed by atoms with E-state index in [1.165, 1.54) is 5.56 Å². The maximum absolute atomic E-state index is 12.6. The van der Waals surface area contributed by atoms with Gasteiger partial charge in [0.05, 0.1) is 7.11 Å². The van der Waals surface area contributed by atoms with Gasteiger partial charge in [0, 0.05) is 31.6 Å². The molecule has 0 bridgehead atoms. The van der Waals surface area contributed by atoms with E-state index in [-0.39, 0.29) is 12.5 Å². The average Bonchev–Trinajstić information content (AvgIpc) is 2.76. The summed E-state index contributed by atoms with van der Waals surface area (Å²) >= 11 is 0. The van der Waals surface area contributed by atoms with Crippen molar-refractivity contribution in [2.45, 2.75) is 20.8 Å². The first-order valence-corrected chi connectivity index (χ1v) is 10.6. The van der Waals surface area contributed by atoms with Gasteiger partial charge in [-0.15, -0.1) is 0 Å². The number of piperazine rings is 1. The van der Waals surface area contributed by atoms with Crippen LogP contribution in [-0.4, -0.2) is 55.7 Å². The van der Waals surface area contributed by atoms with Crippen molar-refractivity contribution in [1.82, 2.24) is 9.88 Å². The van der Waals surface area contributed by atoms with E-state index in [1.807, 2.05) is 43.0 Å². The molecule has 0 atom stereocenters. The predicted octanol–water partition coefficient (Wildman–Crippen LogP) is 3.90. The zero-order valence-electron chi connectivity index (χ0n) is 18.6. The van der Waals surface area contributed by atoms with E-state index in [0.717, 1.165) is 52.4 Å². The molecule has 0 spiro atoms. The topological polar surface area (TPSA) is 54.9 Å². The van der Waals surface area contributed by atoms with Gasteiger partial charge in [0.15, 0.2) is 6.61 Å². The number of anilines is 1. The molecule has 0 radical (unpaired) electrons. The number of para-hydroxylation sites is 1. The number of amides is 1. The summed E-state index contributed by atoms with van der Waals surface area (Å²) in [6.07, 6.45) is 0. The Hall–Kier alpha value is -3.28. The van der Waals surface area contributed by atoms with E-state index < -0.39 is 0 Å². The number of nitrogens with zero attached hydrogens (tertiary/aromatic N) is 3. The summed E-state index contributed by atoms with van der Waals surface area (Å²) in [7, 11) is 1.67. The summed E-state index contributed by atoms with van der Waals surface area (Å²) < 4.78 is 11.3. The highest BCUT2D eigenvalue weighted by atomic mass is 16.5. The van der Waals surface area contributed by atoms with Gasteiger partial charge in [-0.05, 0) is 61.7 Å². The summed E-state index contributed by atoms with van der Waals surface area (Å²) in [6, 6.07) is 14.1. The zero-order valence-corrected chi connectivity index (χ0v) is 18.6. The first kappa shape index (κ1) is 21.0. The van der Waals surface area contributed by atoms with Crippen molar-refractivity contribution in [3.8, 4) is 11.5 Å². The van der Waals surface area contributed by atoms with Gasteiger partial charge >= 0.3 is 0 Å². The number of carbonyl (C=O) groups excluding carboxylic acids is 1. The van der Waals surface area contributed by atoms with Crippen LogP contribution in [0.4, 0.5) is 5.82 Å². The Morgan fingerprint density at radius 1 is 1.00 bits per heavy atom. The molecule has 1 fully saturated rings. The van der Waals surface area contributed by atoms with Crippen molar-refractivity contribution in [3.63, 3.8) is 0 Å². The summed E-state index contributed by atoms with van der Waals surface area (Å²) in [4.78, 5) is 21.6. The molecule has 1 aliphatic rings. The Bertz CT molecular complexity index is 1080. The third kappa shape index (κ3) is 4.58. The third-order valence-corrected chi connectivity index (χ3v) is 5.73. The normalized spacial score (nSPS) is 14.1. The quantitative estimate of drug-likeness (QED) is 0.628. The molecule has 0 saturated carbocycles. The molecule has 2 aromatic carbocycles. The van der Waals surface area contributed by atoms with E-state index in [0.29, 0.717) is 13.1 Å². The Labute approximate surface area is 183 Å². The summed E-state index contributed by atoms with van der Waals surface area (Å²) in [5, 5.41) is 1.10. The van der Waals surface area contributed by atoms with E-state index in [4.69, 9.17) is 14.5 Å². The maximum atomic E-state index is 12.6. The van der Waals surface area contributed by atoms with E-state index in [2.05, 4.69) is 30.0 Å². The molecule has 1 aromatic heterocycles. The molecule has 3 aromatic rings. The number of aromatic nitrogens is 1. The standard InChI is InChI=1S/C25H29N3O3/c1-17-12-18(2)14-20(13-17)31-16-24(29)28-10-8-27(9-11-28)23-15-19(3)21-6-5-7-22(30-4)25(21)26-23/h5-7,12-15H,8-11,16H2,1-4H3. The van der Waals surface area contributed by atoms with E-state index in [9.17, 15) is 4.79 Å². The number of pyridine rings is 1. The minimum atomic E-state index is 0.0168. The minimum Gasteiger partial charge on any atom is -0.494 e. The van der Waals surface area contributed by atoms with Crippen LogP contribution < -0.4 is 14.4 Å². The van der Waals surface area contributed by atoms with Crippen molar-refractivity contribution < 1.29 is 14.3 Å². The monoisotopic (exact) mass is 419 g/mol. The van der Waals surface area contributed by atoms with E-state index in [1.54, 1.807) is 7.11 Å². The third-order valence-electron chi connectivity index (χ3n) is 5.73. The van der Waals surface area contributed by atoms with Gasteiger partial charge in [-0.25, -0.2) is 4.98 Å². The second-order valence-corrected chi connectivity index (χ2v) is 8.13. The lowest BCUT2D eigenvalue weighted by Gasteiger charge is -2.35. The number of rotatable bonds is 5. The van der Waals surface area contributed by atoms with Gasteiger partial charge < -0.3 is 19.3 Å². The van der Waals surface area contributed by atoms with Crippen LogP contribution in [0.1, 0.15) is 16.7 Å². The molecule has 4 rings (SSSR count). The van der Waals surface area contributed by atoms with Crippen LogP contribution in [-0.2, 0) is 4.79 Å². The number of benzene rings is 2. The minimum absolute atomic E-state index is 0.0168. The van der Waals surface area contributed by atoms with Crippen LogP contribution in [0.5, 0.6) is 11.5 Å². The zero-order chi connectivity index (χ0) is 22.0. The summed E-state index contributed by atoms with van der Waals surface area (Å²) in [5.74, 6) is 2.46. The molecule has 0 unspecified atom stereocenters. The van der Waals surface area contributed by atoms with Crippen molar-refractivity contribution in [2.75, 3.05) is 44.8 Å². The molecular weight excluding hydrogens is 390 g/mol. The van der Waals surface area contributed by atoms with Gasteiger partial charge in [0.1, 0.15) is 22.8 Å². The highest BCUT2D eigenvalue weighted by Gasteiger charge is 2.23. The van der Waals surface area contributed by atoms with Gasteiger partial charge in [0.25, 0.3) is 5.91 Å². The molecular formula is C25H29N3O3. The van der Waals surface area contributed by atoms with Crippen LogP contribution in [0.25, 0.3) is 10.9 Å². The number of methoxy groups -OCH3 is 1. The molecule has 31 heavy (non-hydrogen) atoms. The molecule has 0 aliphatic carbocycles.